The van der Waals surface area contributed by atoms with Crippen LogP contribution >= 0.6 is 0 Å². The van der Waals surface area contributed by atoms with Gasteiger partial charge in [-0.25, -0.2) is 4.79 Å². The number of ether oxygens (including phenoxy) is 1. The van der Waals surface area contributed by atoms with E-state index in [0.29, 0.717) is 13.1 Å². The number of rotatable bonds is 6. The molecule has 1 aliphatic rings. The van der Waals surface area contributed by atoms with E-state index in [0.717, 1.165) is 19.3 Å². The van der Waals surface area contributed by atoms with Crippen LogP contribution in [-0.2, 0) is 4.74 Å². The maximum absolute atomic E-state index is 12.2. The van der Waals surface area contributed by atoms with E-state index in [2.05, 4.69) is 5.32 Å². The maximum atomic E-state index is 12.2. The molecule has 23 heavy (non-hydrogen) atoms. The van der Waals surface area contributed by atoms with Crippen molar-refractivity contribution in [2.45, 2.75) is 83.7 Å². The molecule has 0 aromatic heterocycles. The summed E-state index contributed by atoms with van der Waals surface area (Å²) in [6, 6.07) is 0.159. The summed E-state index contributed by atoms with van der Waals surface area (Å²) in [6.07, 6.45) is -2.51. The lowest BCUT2D eigenvalue weighted by atomic mass is 10.1. The first-order valence-electron chi connectivity index (χ1n) is 8.28. The van der Waals surface area contributed by atoms with E-state index in [-0.39, 0.29) is 24.6 Å². The van der Waals surface area contributed by atoms with Crippen molar-refractivity contribution in [3.63, 3.8) is 0 Å². The monoisotopic (exact) mass is 338 g/mol. The Morgan fingerprint density at radius 2 is 2.00 bits per heavy atom. The second-order valence-corrected chi connectivity index (χ2v) is 7.28. The Balaban J connectivity index is 2.35. The molecule has 1 aliphatic heterocycles. The fourth-order valence-electron chi connectivity index (χ4n) is 2.77. The third kappa shape index (κ3) is 8.44. The van der Waals surface area contributed by atoms with E-state index >= 15 is 0 Å². The molecule has 1 N–H and O–H groups in total. The zero-order valence-electron chi connectivity index (χ0n) is 14.5. The Hall–Kier alpha value is -0.980. The number of nitrogens with one attached hydrogen (secondary N) is 1. The van der Waals surface area contributed by atoms with Crippen molar-refractivity contribution in [2.75, 3.05) is 13.1 Å². The lowest BCUT2D eigenvalue weighted by Gasteiger charge is -2.30. The molecule has 0 spiro atoms. The first-order valence-corrected chi connectivity index (χ1v) is 8.28. The molecule has 1 fully saturated rings. The smallest absolute Gasteiger partial charge is 0.410 e. The van der Waals surface area contributed by atoms with Crippen molar-refractivity contribution in [3.05, 3.63) is 0 Å². The Bertz CT molecular complexity index is 381. The van der Waals surface area contributed by atoms with Crippen LogP contribution < -0.4 is 5.32 Å². The standard InChI is InChI=1S/C16H29F3N2O2/c1-12(20-9-6-8-16(17,18)19)11-13-7-5-10-21(13)14(22)23-15(2,3)4/h12-13,20H,5-11H2,1-4H3. The number of halogens is 3. The molecule has 0 aliphatic carbocycles. The van der Waals surface area contributed by atoms with Crippen molar-refractivity contribution in [1.29, 1.82) is 0 Å². The quantitative estimate of drug-likeness (QED) is 0.742. The average Bonchev–Trinajstić information content (AvgIpc) is 2.79. The molecule has 1 rings (SSSR count). The molecular formula is C16H29F3N2O2. The molecule has 1 amide bonds. The zero-order chi connectivity index (χ0) is 17.7. The molecule has 1 heterocycles. The second kappa shape index (κ2) is 8.22. The minimum absolute atomic E-state index is 0.0660. The molecule has 0 radical (unpaired) electrons. The van der Waals surface area contributed by atoms with Crippen molar-refractivity contribution >= 4 is 6.09 Å². The number of carbonyl (C=O) groups excluding carboxylic acids is 1. The third-order valence-corrected chi connectivity index (χ3v) is 3.76. The Kier molecular flexibility index (Phi) is 7.17. The first-order chi connectivity index (χ1) is 10.5. The van der Waals surface area contributed by atoms with Gasteiger partial charge in [0.05, 0.1) is 0 Å². The summed E-state index contributed by atoms with van der Waals surface area (Å²) in [5.74, 6) is 0. The normalized spacial score (nSPS) is 20.7. The number of likely N-dealkylation sites (tertiary alicyclic amines) is 1. The first kappa shape index (κ1) is 20.1. The van der Waals surface area contributed by atoms with E-state index in [9.17, 15) is 18.0 Å². The van der Waals surface area contributed by atoms with Gasteiger partial charge < -0.3 is 15.0 Å². The molecule has 2 atom stereocenters. The molecule has 2 unspecified atom stereocenters. The van der Waals surface area contributed by atoms with Gasteiger partial charge in [-0.3, -0.25) is 0 Å². The SMILES string of the molecule is CC(CC1CCCN1C(=O)OC(C)(C)C)NCCCC(F)(F)F. The molecule has 0 saturated carbocycles. The minimum Gasteiger partial charge on any atom is -0.444 e. The van der Waals surface area contributed by atoms with Crippen LogP contribution in [0.25, 0.3) is 0 Å². The average molecular weight is 338 g/mol. The summed E-state index contributed by atoms with van der Waals surface area (Å²) >= 11 is 0. The number of hydrogen-bond donors (Lipinski definition) is 1. The van der Waals surface area contributed by atoms with Crippen LogP contribution in [0.2, 0.25) is 0 Å². The van der Waals surface area contributed by atoms with Gasteiger partial charge in [0.25, 0.3) is 0 Å². The highest BCUT2D eigenvalue weighted by Gasteiger charge is 2.33. The fourth-order valence-corrected chi connectivity index (χ4v) is 2.77. The van der Waals surface area contributed by atoms with Crippen LogP contribution in [0.5, 0.6) is 0 Å². The highest BCUT2D eigenvalue weighted by atomic mass is 19.4. The Morgan fingerprint density at radius 3 is 2.57 bits per heavy atom. The van der Waals surface area contributed by atoms with Gasteiger partial charge in [0.1, 0.15) is 5.60 Å². The summed E-state index contributed by atoms with van der Waals surface area (Å²) in [7, 11) is 0. The van der Waals surface area contributed by atoms with Gasteiger partial charge in [-0.15, -0.1) is 0 Å². The van der Waals surface area contributed by atoms with Crippen molar-refractivity contribution in [1.82, 2.24) is 10.2 Å². The lowest BCUT2D eigenvalue weighted by molar-refractivity contribution is -0.135. The largest absolute Gasteiger partial charge is 0.444 e. The van der Waals surface area contributed by atoms with Crippen LogP contribution in [0.1, 0.15) is 59.8 Å². The number of nitrogens with zero attached hydrogens (tertiary/aromatic N) is 1. The summed E-state index contributed by atoms with van der Waals surface area (Å²) in [5, 5.41) is 3.11. The summed E-state index contributed by atoms with van der Waals surface area (Å²) in [5.41, 5.74) is -0.522. The van der Waals surface area contributed by atoms with Crippen molar-refractivity contribution in [3.8, 4) is 0 Å². The summed E-state index contributed by atoms with van der Waals surface area (Å²) in [6.45, 7) is 8.46. The summed E-state index contributed by atoms with van der Waals surface area (Å²) < 4.78 is 41.7. The molecule has 4 nitrogen and oxygen atoms in total. The summed E-state index contributed by atoms with van der Waals surface area (Å²) in [4.78, 5) is 13.9. The van der Waals surface area contributed by atoms with Crippen LogP contribution in [0.15, 0.2) is 0 Å². The number of hydrogen-bond acceptors (Lipinski definition) is 3. The van der Waals surface area contributed by atoms with Gasteiger partial charge in [0.2, 0.25) is 0 Å². The van der Waals surface area contributed by atoms with E-state index in [1.54, 1.807) is 4.90 Å². The number of carbonyl (C=O) groups is 1. The van der Waals surface area contributed by atoms with Gasteiger partial charge in [0.15, 0.2) is 0 Å². The fraction of sp³-hybridized carbons (Fsp3) is 0.938. The number of alkyl halides is 3. The topological polar surface area (TPSA) is 41.6 Å². The van der Waals surface area contributed by atoms with Crippen LogP contribution in [0, 0.1) is 0 Å². The van der Waals surface area contributed by atoms with E-state index < -0.39 is 18.2 Å². The van der Waals surface area contributed by atoms with Crippen LogP contribution in [0.3, 0.4) is 0 Å². The predicted molar refractivity (Wildman–Crippen MR) is 83.3 cm³/mol. The van der Waals surface area contributed by atoms with Gasteiger partial charge in [0, 0.05) is 25.0 Å². The van der Waals surface area contributed by atoms with Gasteiger partial charge in [-0.2, -0.15) is 13.2 Å². The second-order valence-electron chi connectivity index (χ2n) is 7.28. The van der Waals surface area contributed by atoms with Crippen molar-refractivity contribution < 1.29 is 22.7 Å². The highest BCUT2D eigenvalue weighted by molar-refractivity contribution is 5.68. The van der Waals surface area contributed by atoms with Gasteiger partial charge in [-0.1, -0.05) is 0 Å². The van der Waals surface area contributed by atoms with Crippen LogP contribution in [-0.4, -0.2) is 47.9 Å². The Morgan fingerprint density at radius 1 is 1.35 bits per heavy atom. The van der Waals surface area contributed by atoms with E-state index in [1.807, 2.05) is 27.7 Å². The Labute approximate surface area is 136 Å². The molecule has 1 saturated heterocycles. The zero-order valence-corrected chi connectivity index (χ0v) is 14.5. The lowest BCUT2D eigenvalue weighted by Crippen LogP contribution is -2.42. The number of amides is 1. The van der Waals surface area contributed by atoms with E-state index in [4.69, 9.17) is 4.74 Å². The molecule has 0 aromatic carbocycles. The third-order valence-electron chi connectivity index (χ3n) is 3.76. The van der Waals surface area contributed by atoms with Crippen LogP contribution in [0.4, 0.5) is 18.0 Å². The molecule has 0 bridgehead atoms. The minimum atomic E-state index is -4.09. The van der Waals surface area contributed by atoms with Gasteiger partial charge in [-0.05, 0) is 59.9 Å². The highest BCUT2D eigenvalue weighted by Crippen LogP contribution is 2.24. The molecule has 136 valence electrons. The molecular weight excluding hydrogens is 309 g/mol. The molecule has 0 aromatic rings. The van der Waals surface area contributed by atoms with Gasteiger partial charge >= 0.3 is 12.3 Å². The van der Waals surface area contributed by atoms with E-state index in [1.165, 1.54) is 0 Å². The maximum Gasteiger partial charge on any atom is 0.410 e. The van der Waals surface area contributed by atoms with Crippen molar-refractivity contribution in [2.24, 2.45) is 0 Å². The molecule has 7 heteroatoms. The predicted octanol–water partition coefficient (Wildman–Crippen LogP) is 4.10.